The van der Waals surface area contributed by atoms with Crippen LogP contribution in [0.25, 0.3) is 0 Å². The Morgan fingerprint density at radius 3 is 2.05 bits per heavy atom. The Labute approximate surface area is 230 Å². The number of aliphatic hydroxyl groups excluding tert-OH is 1. The topological polar surface area (TPSA) is 75.6 Å². The van der Waals surface area contributed by atoms with E-state index in [4.69, 9.17) is 4.43 Å². The van der Waals surface area contributed by atoms with E-state index in [0.717, 1.165) is 19.3 Å². The number of hydrogen-bond acceptors (Lipinski definition) is 5. The van der Waals surface area contributed by atoms with E-state index in [1.165, 1.54) is 10.4 Å². The molecule has 2 bridgehead atoms. The third-order valence-corrected chi connectivity index (χ3v) is 17.2. The van der Waals surface area contributed by atoms with Crippen LogP contribution in [0.1, 0.15) is 60.3 Å². The Morgan fingerprint density at radius 1 is 1.00 bits per heavy atom. The van der Waals surface area contributed by atoms with Crippen LogP contribution in [0.3, 0.4) is 0 Å². The van der Waals surface area contributed by atoms with Crippen molar-refractivity contribution in [3.8, 4) is 0 Å². The lowest BCUT2D eigenvalue weighted by Crippen LogP contribution is -2.67. The van der Waals surface area contributed by atoms with Crippen molar-refractivity contribution in [3.05, 3.63) is 60.7 Å². The summed E-state index contributed by atoms with van der Waals surface area (Å²) in [6, 6.07) is 21.1. The van der Waals surface area contributed by atoms with Gasteiger partial charge in [-0.25, -0.2) is 8.42 Å². The minimum absolute atomic E-state index is 0.0657. The molecule has 5 nitrogen and oxygen atoms in total. The summed E-state index contributed by atoms with van der Waals surface area (Å²) in [5.41, 5.74) is -0.655. The summed E-state index contributed by atoms with van der Waals surface area (Å²) in [6.45, 7) is 11.8. The Hall–Kier alpha value is -1.51. The van der Waals surface area contributed by atoms with Crippen LogP contribution in [0.15, 0.2) is 60.7 Å². The zero-order chi connectivity index (χ0) is 27.4. The van der Waals surface area contributed by atoms with Crippen LogP contribution < -0.4 is 15.7 Å². The molecule has 3 fully saturated rings. The predicted molar refractivity (Wildman–Crippen MR) is 157 cm³/mol. The van der Waals surface area contributed by atoms with Crippen molar-refractivity contribution in [1.82, 2.24) is 5.32 Å². The van der Waals surface area contributed by atoms with Crippen molar-refractivity contribution in [2.75, 3.05) is 18.1 Å². The zero-order valence-electron chi connectivity index (χ0n) is 23.6. The molecule has 208 valence electrons. The van der Waals surface area contributed by atoms with Crippen LogP contribution in [0.4, 0.5) is 0 Å². The highest BCUT2D eigenvalue weighted by atomic mass is 32.2. The molecule has 5 atom stereocenters. The SMILES string of the molecule is CC1(C)[C@@H]2CC[C@@]1(CS(=O)(=O)C[C@@H]1C[C@@H](O[Si](c3ccccc3)(c3ccccc3)C(C)(C)C)CN1)[C@H](O)C2. The fraction of sp³-hybridized carbons (Fsp3) is 0.613. The molecule has 1 heterocycles. The average molecular weight is 556 g/mol. The average Bonchev–Trinajstić information content (AvgIpc) is 3.44. The van der Waals surface area contributed by atoms with Gasteiger partial charge in [-0.15, -0.1) is 0 Å². The molecule has 0 unspecified atom stereocenters. The van der Waals surface area contributed by atoms with Gasteiger partial charge in [0.15, 0.2) is 9.84 Å². The molecule has 2 saturated carbocycles. The van der Waals surface area contributed by atoms with Gasteiger partial charge >= 0.3 is 0 Å². The maximum absolute atomic E-state index is 13.6. The lowest BCUT2D eigenvalue weighted by Gasteiger charge is -2.44. The third kappa shape index (κ3) is 4.62. The molecule has 0 spiro atoms. The van der Waals surface area contributed by atoms with E-state index in [9.17, 15) is 13.5 Å². The largest absolute Gasteiger partial charge is 0.403 e. The quantitative estimate of drug-likeness (QED) is 0.484. The van der Waals surface area contributed by atoms with Crippen molar-refractivity contribution < 1.29 is 18.0 Å². The minimum Gasteiger partial charge on any atom is -0.403 e. The summed E-state index contributed by atoms with van der Waals surface area (Å²) in [4.78, 5) is 0. The minimum atomic E-state index is -3.36. The molecule has 2 N–H and O–H groups in total. The zero-order valence-corrected chi connectivity index (χ0v) is 25.4. The van der Waals surface area contributed by atoms with Gasteiger partial charge in [0.05, 0.1) is 23.7 Å². The summed E-state index contributed by atoms with van der Waals surface area (Å²) >= 11 is 0. The lowest BCUT2D eigenvalue weighted by atomic mass is 9.70. The van der Waals surface area contributed by atoms with Gasteiger partial charge < -0.3 is 14.8 Å². The standard InChI is InChI=1S/C31H45NO4SSi/c1-29(2,3)38(26-12-8-6-9-13-26,27-14-10-7-11-15-27)36-25-19-24(32-20-25)21-37(34,35)22-31-17-16-23(18-28(31)33)30(31,4)5/h6-15,23-25,28,32-33H,16-22H2,1-5H3/t23-,24+,25-,28-,31-/m1/s1. The van der Waals surface area contributed by atoms with Gasteiger partial charge in [-0.3, -0.25) is 0 Å². The van der Waals surface area contributed by atoms with Crippen LogP contribution in [0, 0.1) is 16.7 Å². The number of nitrogens with one attached hydrogen (secondary N) is 1. The number of sulfone groups is 1. The van der Waals surface area contributed by atoms with Crippen molar-refractivity contribution in [3.63, 3.8) is 0 Å². The highest BCUT2D eigenvalue weighted by Crippen LogP contribution is 2.66. The van der Waals surface area contributed by atoms with E-state index >= 15 is 0 Å². The molecule has 5 rings (SSSR count). The molecular formula is C31H45NO4SSi. The first-order chi connectivity index (χ1) is 17.8. The van der Waals surface area contributed by atoms with E-state index in [2.05, 4.69) is 88.5 Å². The molecule has 2 aromatic carbocycles. The summed E-state index contributed by atoms with van der Waals surface area (Å²) in [6.07, 6.45) is 2.65. The highest BCUT2D eigenvalue weighted by molar-refractivity contribution is 7.91. The molecule has 38 heavy (non-hydrogen) atoms. The Kier molecular flexibility index (Phi) is 7.26. The second-order valence-electron chi connectivity index (χ2n) is 13.7. The first-order valence-electron chi connectivity index (χ1n) is 14.2. The maximum Gasteiger partial charge on any atom is 0.261 e. The van der Waals surface area contributed by atoms with E-state index in [1.807, 2.05) is 12.1 Å². The Balaban J connectivity index is 1.36. The highest BCUT2D eigenvalue weighted by Gasteiger charge is 2.65. The monoisotopic (exact) mass is 555 g/mol. The molecule has 7 heteroatoms. The molecule has 2 aromatic rings. The van der Waals surface area contributed by atoms with Crippen LogP contribution >= 0.6 is 0 Å². The summed E-state index contributed by atoms with van der Waals surface area (Å²) < 4.78 is 34.4. The first kappa shape index (κ1) is 28.0. The van der Waals surface area contributed by atoms with Crippen molar-refractivity contribution in [2.45, 2.75) is 83.6 Å². The number of benzene rings is 2. The number of aliphatic hydroxyl groups is 1. The maximum atomic E-state index is 13.6. The van der Waals surface area contributed by atoms with E-state index in [0.29, 0.717) is 18.9 Å². The smallest absolute Gasteiger partial charge is 0.261 e. The molecule has 0 amide bonds. The van der Waals surface area contributed by atoms with Gasteiger partial charge in [0.25, 0.3) is 8.32 Å². The Bertz CT molecular complexity index is 1190. The lowest BCUT2D eigenvalue weighted by molar-refractivity contribution is 0.0153. The van der Waals surface area contributed by atoms with Crippen molar-refractivity contribution >= 4 is 28.5 Å². The molecule has 0 radical (unpaired) electrons. The van der Waals surface area contributed by atoms with Gasteiger partial charge in [-0.2, -0.15) is 0 Å². The van der Waals surface area contributed by atoms with Gasteiger partial charge in [0.1, 0.15) is 0 Å². The number of hydrogen-bond donors (Lipinski definition) is 2. The summed E-state index contributed by atoms with van der Waals surface area (Å²) in [5, 5.41) is 16.7. The third-order valence-electron chi connectivity index (χ3n) is 10.3. The molecule has 3 aliphatic rings. The van der Waals surface area contributed by atoms with E-state index in [-0.39, 0.29) is 34.1 Å². The second-order valence-corrected chi connectivity index (χ2v) is 20.0. The van der Waals surface area contributed by atoms with E-state index < -0.39 is 29.7 Å². The Morgan fingerprint density at radius 2 is 1.58 bits per heavy atom. The van der Waals surface area contributed by atoms with Gasteiger partial charge in [-0.05, 0) is 52.4 Å². The van der Waals surface area contributed by atoms with Crippen LogP contribution in [-0.2, 0) is 14.3 Å². The van der Waals surface area contributed by atoms with Gasteiger partial charge in [0.2, 0.25) is 0 Å². The normalized spacial score (nSPS) is 31.1. The molecule has 2 aliphatic carbocycles. The first-order valence-corrected chi connectivity index (χ1v) is 17.9. The fourth-order valence-corrected chi connectivity index (χ4v) is 15.3. The second kappa shape index (κ2) is 9.84. The van der Waals surface area contributed by atoms with Crippen molar-refractivity contribution in [1.29, 1.82) is 0 Å². The van der Waals surface area contributed by atoms with Gasteiger partial charge in [0, 0.05) is 18.0 Å². The van der Waals surface area contributed by atoms with Gasteiger partial charge in [-0.1, -0.05) is 95.3 Å². The summed E-state index contributed by atoms with van der Waals surface area (Å²) in [7, 11) is -6.06. The molecule has 0 aromatic heterocycles. The number of fused-ring (bicyclic) bond motifs is 2. The fourth-order valence-electron chi connectivity index (χ4n) is 8.08. The predicted octanol–water partition coefficient (Wildman–Crippen LogP) is 3.90. The van der Waals surface area contributed by atoms with E-state index in [1.54, 1.807) is 0 Å². The summed E-state index contributed by atoms with van der Waals surface area (Å²) in [5.74, 6) is 0.605. The van der Waals surface area contributed by atoms with Crippen LogP contribution in [0.2, 0.25) is 5.04 Å². The van der Waals surface area contributed by atoms with Crippen LogP contribution in [0.5, 0.6) is 0 Å². The molecule has 1 saturated heterocycles. The molecule has 1 aliphatic heterocycles. The van der Waals surface area contributed by atoms with Crippen molar-refractivity contribution in [2.24, 2.45) is 16.7 Å². The molecular weight excluding hydrogens is 510 g/mol. The number of rotatable bonds is 8. The van der Waals surface area contributed by atoms with Crippen LogP contribution in [-0.4, -0.2) is 58.1 Å².